The van der Waals surface area contributed by atoms with Gasteiger partial charge in [-0.1, -0.05) is 23.7 Å². The molecule has 0 bridgehead atoms. The lowest BCUT2D eigenvalue weighted by Gasteiger charge is -1.98. The summed E-state index contributed by atoms with van der Waals surface area (Å²) in [5, 5.41) is 29.9. The Morgan fingerprint density at radius 2 is 2.00 bits per heavy atom. The second-order valence-electron chi connectivity index (χ2n) is 3.40. The Balaban J connectivity index is 2.49. The number of rotatable bonds is 2. The van der Waals surface area contributed by atoms with Gasteiger partial charge >= 0.3 is 6.09 Å². The van der Waals surface area contributed by atoms with Crippen LogP contribution in [0, 0.1) is 0 Å². The number of benzene rings is 1. The molecule has 2 rings (SSSR count). The molecule has 4 N–H and O–H groups in total. The van der Waals surface area contributed by atoms with Crippen molar-refractivity contribution in [3.8, 4) is 22.8 Å². The number of carbonyl (C=O) groups is 1. The van der Waals surface area contributed by atoms with Crippen LogP contribution in [0.3, 0.4) is 0 Å². The Labute approximate surface area is 106 Å². The lowest BCUT2D eigenvalue weighted by molar-refractivity contribution is 0.209. The molecule has 1 aromatic heterocycles. The zero-order valence-electron chi connectivity index (χ0n) is 8.85. The van der Waals surface area contributed by atoms with Gasteiger partial charge in [0.05, 0.1) is 0 Å². The molecule has 0 radical (unpaired) electrons. The van der Waals surface area contributed by atoms with Gasteiger partial charge in [0.25, 0.3) is 0 Å². The van der Waals surface area contributed by atoms with E-state index in [1.165, 1.54) is 6.07 Å². The van der Waals surface area contributed by atoms with Crippen molar-refractivity contribution in [2.75, 3.05) is 5.32 Å². The zero-order valence-corrected chi connectivity index (χ0v) is 9.60. The van der Waals surface area contributed by atoms with Crippen LogP contribution >= 0.6 is 11.6 Å². The summed E-state index contributed by atoms with van der Waals surface area (Å²) in [5.74, 6) is -1.75. The summed E-state index contributed by atoms with van der Waals surface area (Å²) in [7, 11) is 0. The first-order chi connectivity index (χ1) is 8.49. The molecule has 0 fully saturated rings. The number of anilines is 1. The number of hydrogen-bond acceptors (Lipinski definition) is 4. The van der Waals surface area contributed by atoms with Crippen LogP contribution in [0.25, 0.3) is 11.3 Å². The summed E-state index contributed by atoms with van der Waals surface area (Å²) in [6, 6.07) is 6.35. The van der Waals surface area contributed by atoms with Gasteiger partial charge in [-0.05, 0) is 12.1 Å². The molecule has 0 saturated heterocycles. The van der Waals surface area contributed by atoms with E-state index in [9.17, 15) is 15.0 Å². The first-order valence-corrected chi connectivity index (χ1v) is 5.17. The predicted octanol–water partition coefficient (Wildman–Crippen LogP) is 3.10. The van der Waals surface area contributed by atoms with Crippen LogP contribution in [-0.2, 0) is 0 Å². The fraction of sp³-hybridized carbons (Fsp3) is 0. The minimum atomic E-state index is -1.42. The molecule has 0 spiro atoms. The number of amides is 1. The van der Waals surface area contributed by atoms with E-state index in [1.54, 1.807) is 18.2 Å². The topological polar surface area (TPSA) is 103 Å². The number of halogens is 1. The number of nitrogens with one attached hydrogen (secondary N) is 1. The number of carboxylic acid groups (broad SMARTS) is 1. The van der Waals surface area contributed by atoms with E-state index in [-0.39, 0.29) is 5.76 Å². The highest BCUT2D eigenvalue weighted by Gasteiger charge is 2.21. The van der Waals surface area contributed by atoms with Gasteiger partial charge in [0.2, 0.25) is 17.4 Å². The van der Waals surface area contributed by atoms with Crippen LogP contribution in [0.2, 0.25) is 5.02 Å². The molecule has 18 heavy (non-hydrogen) atoms. The van der Waals surface area contributed by atoms with Crippen molar-refractivity contribution in [1.29, 1.82) is 0 Å². The average Bonchev–Trinajstić information content (AvgIpc) is 2.57. The lowest BCUT2D eigenvalue weighted by Crippen LogP contribution is -2.06. The minimum Gasteiger partial charge on any atom is -0.502 e. The molecule has 94 valence electrons. The maximum Gasteiger partial charge on any atom is 0.411 e. The first-order valence-electron chi connectivity index (χ1n) is 4.79. The standard InChI is InChI=1S/C11H8ClNO5/c12-6-3-1-2-5(4-6)9-7(14)8(15)10(18-9)13-11(16)17/h1-4,13-15H,(H,16,17). The van der Waals surface area contributed by atoms with Crippen molar-refractivity contribution < 1.29 is 24.5 Å². The van der Waals surface area contributed by atoms with Crippen molar-refractivity contribution in [2.45, 2.75) is 0 Å². The third-order valence-corrected chi connectivity index (χ3v) is 2.40. The van der Waals surface area contributed by atoms with Crippen molar-refractivity contribution >= 4 is 23.6 Å². The van der Waals surface area contributed by atoms with E-state index in [0.29, 0.717) is 10.6 Å². The Bertz CT molecular complexity index is 607. The molecule has 6 nitrogen and oxygen atoms in total. The Morgan fingerprint density at radius 1 is 1.28 bits per heavy atom. The van der Waals surface area contributed by atoms with Gasteiger partial charge in [-0.25, -0.2) is 4.79 Å². The maximum atomic E-state index is 10.4. The molecule has 1 amide bonds. The Hall–Kier alpha value is -2.34. The molecular weight excluding hydrogens is 262 g/mol. The van der Waals surface area contributed by atoms with Gasteiger partial charge in [-0.15, -0.1) is 0 Å². The predicted molar refractivity (Wildman–Crippen MR) is 64.1 cm³/mol. The van der Waals surface area contributed by atoms with Crippen LogP contribution in [-0.4, -0.2) is 21.4 Å². The second kappa shape index (κ2) is 4.50. The van der Waals surface area contributed by atoms with Gasteiger partial charge in [-0.2, -0.15) is 0 Å². The summed E-state index contributed by atoms with van der Waals surface area (Å²) in [6.45, 7) is 0. The summed E-state index contributed by atoms with van der Waals surface area (Å²) < 4.78 is 5.05. The van der Waals surface area contributed by atoms with Crippen molar-refractivity contribution in [3.05, 3.63) is 29.3 Å². The molecule has 2 aromatic rings. The molecule has 0 aliphatic heterocycles. The van der Waals surface area contributed by atoms with Crippen LogP contribution in [0.1, 0.15) is 0 Å². The van der Waals surface area contributed by atoms with E-state index in [0.717, 1.165) is 0 Å². The van der Waals surface area contributed by atoms with Crippen molar-refractivity contribution in [1.82, 2.24) is 0 Å². The van der Waals surface area contributed by atoms with E-state index in [1.807, 2.05) is 5.32 Å². The van der Waals surface area contributed by atoms with Gasteiger partial charge in [0.15, 0.2) is 5.76 Å². The fourth-order valence-corrected chi connectivity index (χ4v) is 1.61. The van der Waals surface area contributed by atoms with Crippen molar-refractivity contribution in [3.63, 3.8) is 0 Å². The van der Waals surface area contributed by atoms with Gasteiger partial charge < -0.3 is 19.7 Å². The fourth-order valence-electron chi connectivity index (χ4n) is 1.42. The highest BCUT2D eigenvalue weighted by molar-refractivity contribution is 6.30. The summed E-state index contributed by atoms with van der Waals surface area (Å²) in [6.07, 6.45) is -1.42. The summed E-state index contributed by atoms with van der Waals surface area (Å²) in [4.78, 5) is 10.4. The van der Waals surface area contributed by atoms with Crippen LogP contribution in [0.15, 0.2) is 28.7 Å². The van der Waals surface area contributed by atoms with Crippen LogP contribution in [0.5, 0.6) is 11.5 Å². The van der Waals surface area contributed by atoms with Gasteiger partial charge in [0.1, 0.15) is 0 Å². The molecule has 1 aromatic carbocycles. The highest BCUT2D eigenvalue weighted by atomic mass is 35.5. The minimum absolute atomic E-state index is 0.0706. The maximum absolute atomic E-state index is 10.4. The van der Waals surface area contributed by atoms with Gasteiger partial charge in [-0.3, -0.25) is 5.32 Å². The van der Waals surface area contributed by atoms with Gasteiger partial charge in [0, 0.05) is 10.6 Å². The van der Waals surface area contributed by atoms with Crippen LogP contribution in [0.4, 0.5) is 10.7 Å². The number of aromatic hydroxyl groups is 2. The largest absolute Gasteiger partial charge is 0.502 e. The SMILES string of the molecule is O=C(O)Nc1oc(-c2cccc(Cl)c2)c(O)c1O. The lowest BCUT2D eigenvalue weighted by atomic mass is 10.1. The van der Waals surface area contributed by atoms with E-state index < -0.39 is 23.5 Å². The molecule has 7 heteroatoms. The monoisotopic (exact) mass is 269 g/mol. The quantitative estimate of drug-likeness (QED) is 0.671. The normalized spacial score (nSPS) is 10.3. The van der Waals surface area contributed by atoms with E-state index in [2.05, 4.69) is 0 Å². The molecule has 0 unspecified atom stereocenters. The van der Waals surface area contributed by atoms with Crippen LogP contribution < -0.4 is 5.32 Å². The van der Waals surface area contributed by atoms with E-state index in [4.69, 9.17) is 21.1 Å². The van der Waals surface area contributed by atoms with Crippen molar-refractivity contribution in [2.24, 2.45) is 0 Å². The number of hydrogen-bond donors (Lipinski definition) is 4. The second-order valence-corrected chi connectivity index (χ2v) is 3.83. The molecule has 0 atom stereocenters. The number of furan rings is 1. The Kier molecular flexibility index (Phi) is 3.03. The highest BCUT2D eigenvalue weighted by Crippen LogP contribution is 2.45. The summed E-state index contributed by atoms with van der Waals surface area (Å²) in [5.41, 5.74) is 0.411. The third kappa shape index (κ3) is 2.18. The summed E-state index contributed by atoms with van der Waals surface area (Å²) >= 11 is 5.78. The molecule has 0 saturated carbocycles. The molecule has 0 aliphatic rings. The molecule has 0 aliphatic carbocycles. The molecule has 1 heterocycles. The Morgan fingerprint density at radius 3 is 2.61 bits per heavy atom. The molecular formula is C11H8ClNO5. The first kappa shape index (κ1) is 12.1. The zero-order chi connectivity index (χ0) is 13.3. The smallest absolute Gasteiger partial charge is 0.411 e. The average molecular weight is 270 g/mol. The van der Waals surface area contributed by atoms with E-state index >= 15 is 0 Å². The third-order valence-electron chi connectivity index (χ3n) is 2.17.